The maximum absolute atomic E-state index is 12.5. The highest BCUT2D eigenvalue weighted by atomic mass is 19.4. The summed E-state index contributed by atoms with van der Waals surface area (Å²) in [5.74, 6) is -0.203. The lowest BCUT2D eigenvalue weighted by atomic mass is 10.0. The normalized spacial score (nSPS) is 11.5. The Morgan fingerprint density at radius 2 is 1.59 bits per heavy atom. The molecule has 116 valence electrons. The molecule has 0 radical (unpaired) electrons. The molecule has 2 aromatic rings. The molecule has 2 nitrogen and oxygen atoms in total. The molecule has 22 heavy (non-hydrogen) atoms. The van der Waals surface area contributed by atoms with Gasteiger partial charge < -0.3 is 5.32 Å². The Bertz CT molecular complexity index is 660. The highest BCUT2D eigenvalue weighted by Gasteiger charge is 2.30. The predicted molar refractivity (Wildman–Crippen MR) is 79.9 cm³/mol. The molecule has 5 heteroatoms. The van der Waals surface area contributed by atoms with E-state index in [9.17, 15) is 18.0 Å². The summed E-state index contributed by atoms with van der Waals surface area (Å²) in [5, 5.41) is 2.75. The number of benzene rings is 2. The van der Waals surface area contributed by atoms with Crippen LogP contribution < -0.4 is 5.32 Å². The molecular weight excluding hydrogens is 291 g/mol. The van der Waals surface area contributed by atoms with Crippen LogP contribution >= 0.6 is 0 Å². The van der Waals surface area contributed by atoms with Crippen LogP contribution in [0.2, 0.25) is 0 Å². The van der Waals surface area contributed by atoms with E-state index in [1.165, 1.54) is 12.1 Å². The van der Waals surface area contributed by atoms with Crippen LogP contribution in [-0.2, 0) is 6.18 Å². The number of rotatable bonds is 3. The number of hydrogen-bond acceptors (Lipinski definition) is 1. The molecule has 1 N–H and O–H groups in total. The molecule has 1 amide bonds. The molecule has 0 aliphatic rings. The summed E-state index contributed by atoms with van der Waals surface area (Å²) in [5.41, 5.74) is 1.06. The Kier molecular flexibility index (Phi) is 4.54. The SMILES string of the molecule is CC(C)c1ccccc1NC(=O)c1ccc(C(F)(F)F)cc1. The number of anilines is 1. The van der Waals surface area contributed by atoms with Crippen molar-refractivity contribution in [3.05, 3.63) is 65.2 Å². The largest absolute Gasteiger partial charge is 0.416 e. The van der Waals surface area contributed by atoms with Crippen molar-refractivity contribution >= 4 is 11.6 Å². The van der Waals surface area contributed by atoms with Gasteiger partial charge in [-0.25, -0.2) is 0 Å². The summed E-state index contributed by atoms with van der Waals surface area (Å²) < 4.78 is 37.5. The highest BCUT2D eigenvalue weighted by Crippen LogP contribution is 2.29. The number of carbonyl (C=O) groups excluding carboxylic acids is 1. The van der Waals surface area contributed by atoms with E-state index < -0.39 is 17.6 Å². The summed E-state index contributed by atoms with van der Waals surface area (Å²) in [6.07, 6.45) is -4.40. The van der Waals surface area contributed by atoms with Crippen LogP contribution in [0, 0.1) is 0 Å². The van der Waals surface area contributed by atoms with Crippen molar-refractivity contribution in [1.29, 1.82) is 0 Å². The Labute approximate surface area is 127 Å². The maximum atomic E-state index is 12.5. The van der Waals surface area contributed by atoms with E-state index in [1.54, 1.807) is 12.1 Å². The third kappa shape index (κ3) is 3.67. The molecule has 0 unspecified atom stereocenters. The molecule has 0 aromatic heterocycles. The Hall–Kier alpha value is -2.30. The van der Waals surface area contributed by atoms with E-state index in [4.69, 9.17) is 0 Å². The Morgan fingerprint density at radius 3 is 2.14 bits per heavy atom. The molecule has 0 heterocycles. The summed E-state index contributed by atoms with van der Waals surface area (Å²) in [6, 6.07) is 11.5. The average molecular weight is 307 g/mol. The van der Waals surface area contributed by atoms with Gasteiger partial charge in [0.2, 0.25) is 0 Å². The van der Waals surface area contributed by atoms with Gasteiger partial charge >= 0.3 is 6.18 Å². The zero-order chi connectivity index (χ0) is 16.3. The predicted octanol–water partition coefficient (Wildman–Crippen LogP) is 5.08. The second-order valence-electron chi connectivity index (χ2n) is 5.27. The fraction of sp³-hybridized carbons (Fsp3) is 0.235. The van der Waals surface area contributed by atoms with Crippen LogP contribution in [0.5, 0.6) is 0 Å². The number of para-hydroxylation sites is 1. The minimum Gasteiger partial charge on any atom is -0.322 e. The Balaban J connectivity index is 2.20. The number of nitrogens with one attached hydrogen (secondary N) is 1. The van der Waals surface area contributed by atoms with Gasteiger partial charge in [0.15, 0.2) is 0 Å². The molecule has 2 rings (SSSR count). The highest BCUT2D eigenvalue weighted by molar-refractivity contribution is 6.04. The fourth-order valence-electron chi connectivity index (χ4n) is 2.12. The number of alkyl halides is 3. The summed E-state index contributed by atoms with van der Waals surface area (Å²) in [7, 11) is 0. The first-order valence-electron chi connectivity index (χ1n) is 6.86. The van der Waals surface area contributed by atoms with Gasteiger partial charge in [0.1, 0.15) is 0 Å². The third-order valence-corrected chi connectivity index (χ3v) is 3.31. The molecule has 0 atom stereocenters. The molecule has 0 fully saturated rings. The maximum Gasteiger partial charge on any atom is 0.416 e. The Morgan fingerprint density at radius 1 is 1.00 bits per heavy atom. The molecule has 0 saturated heterocycles. The number of amides is 1. The van der Waals surface area contributed by atoms with E-state index in [2.05, 4.69) is 5.32 Å². The van der Waals surface area contributed by atoms with E-state index in [1.807, 2.05) is 26.0 Å². The lowest BCUT2D eigenvalue weighted by Crippen LogP contribution is -2.14. The van der Waals surface area contributed by atoms with Gasteiger partial charge in [0.05, 0.1) is 5.56 Å². The van der Waals surface area contributed by atoms with Crippen molar-refractivity contribution in [2.24, 2.45) is 0 Å². The molecule has 0 aliphatic carbocycles. The van der Waals surface area contributed by atoms with Gasteiger partial charge in [-0.1, -0.05) is 32.0 Å². The van der Waals surface area contributed by atoms with Crippen molar-refractivity contribution in [3.8, 4) is 0 Å². The van der Waals surface area contributed by atoms with Crippen LogP contribution in [0.25, 0.3) is 0 Å². The molecule has 0 spiro atoms. The number of halogens is 3. The first-order valence-corrected chi connectivity index (χ1v) is 6.86. The van der Waals surface area contributed by atoms with Gasteiger partial charge in [0, 0.05) is 11.3 Å². The van der Waals surface area contributed by atoms with Crippen LogP contribution in [0.3, 0.4) is 0 Å². The van der Waals surface area contributed by atoms with Gasteiger partial charge in [-0.3, -0.25) is 4.79 Å². The quantitative estimate of drug-likeness (QED) is 0.841. The first-order chi connectivity index (χ1) is 10.3. The van der Waals surface area contributed by atoms with Crippen molar-refractivity contribution in [2.45, 2.75) is 25.9 Å². The number of hydrogen-bond donors (Lipinski definition) is 1. The van der Waals surface area contributed by atoms with Crippen molar-refractivity contribution in [2.75, 3.05) is 5.32 Å². The lowest BCUT2D eigenvalue weighted by Gasteiger charge is -2.14. The van der Waals surface area contributed by atoms with Gasteiger partial charge in [-0.15, -0.1) is 0 Å². The molecule has 0 aliphatic heterocycles. The van der Waals surface area contributed by atoms with Crippen LogP contribution in [0.4, 0.5) is 18.9 Å². The summed E-state index contributed by atoms with van der Waals surface area (Å²) >= 11 is 0. The van der Waals surface area contributed by atoms with E-state index in [0.717, 1.165) is 17.7 Å². The van der Waals surface area contributed by atoms with Crippen LogP contribution in [0.15, 0.2) is 48.5 Å². The topological polar surface area (TPSA) is 29.1 Å². The minimum absolute atomic E-state index is 0.187. The zero-order valence-electron chi connectivity index (χ0n) is 12.2. The monoisotopic (exact) mass is 307 g/mol. The second kappa shape index (κ2) is 6.22. The second-order valence-corrected chi connectivity index (χ2v) is 5.27. The van der Waals surface area contributed by atoms with E-state index >= 15 is 0 Å². The molecule has 0 saturated carbocycles. The van der Waals surface area contributed by atoms with E-state index in [-0.39, 0.29) is 11.5 Å². The number of carbonyl (C=O) groups is 1. The fourth-order valence-corrected chi connectivity index (χ4v) is 2.12. The lowest BCUT2D eigenvalue weighted by molar-refractivity contribution is -0.137. The molecule has 0 bridgehead atoms. The summed E-state index contributed by atoms with van der Waals surface area (Å²) in [6.45, 7) is 4.01. The minimum atomic E-state index is -4.40. The van der Waals surface area contributed by atoms with Gasteiger partial charge in [-0.05, 0) is 41.8 Å². The smallest absolute Gasteiger partial charge is 0.322 e. The van der Waals surface area contributed by atoms with Crippen molar-refractivity contribution in [1.82, 2.24) is 0 Å². The van der Waals surface area contributed by atoms with Crippen LogP contribution in [-0.4, -0.2) is 5.91 Å². The first kappa shape index (κ1) is 16.1. The van der Waals surface area contributed by atoms with Gasteiger partial charge in [-0.2, -0.15) is 13.2 Å². The third-order valence-electron chi connectivity index (χ3n) is 3.31. The van der Waals surface area contributed by atoms with Gasteiger partial charge in [0.25, 0.3) is 5.91 Å². The molecule has 2 aromatic carbocycles. The van der Waals surface area contributed by atoms with Crippen molar-refractivity contribution < 1.29 is 18.0 Å². The molecular formula is C17H16F3NO. The average Bonchev–Trinajstić information content (AvgIpc) is 2.46. The summed E-state index contributed by atoms with van der Waals surface area (Å²) in [4.78, 5) is 12.2. The zero-order valence-corrected chi connectivity index (χ0v) is 12.2. The van der Waals surface area contributed by atoms with E-state index in [0.29, 0.717) is 5.69 Å². The standard InChI is InChI=1S/C17H16F3NO/c1-11(2)14-5-3-4-6-15(14)21-16(22)12-7-9-13(10-8-12)17(18,19)20/h3-11H,1-2H3,(H,21,22). The van der Waals surface area contributed by atoms with Crippen LogP contribution in [0.1, 0.15) is 41.3 Å². The van der Waals surface area contributed by atoms with Crippen molar-refractivity contribution in [3.63, 3.8) is 0 Å².